The Bertz CT molecular complexity index is 1050. The van der Waals surface area contributed by atoms with Crippen molar-refractivity contribution in [2.75, 3.05) is 5.73 Å². The average Bonchev–Trinajstić information content (AvgIpc) is 3.08. The van der Waals surface area contributed by atoms with Crippen LogP contribution in [-0.4, -0.2) is 25.4 Å². The molecule has 0 aliphatic heterocycles. The van der Waals surface area contributed by atoms with Crippen LogP contribution in [0.4, 0.5) is 10.2 Å². The molecular weight excluding hydrogens is 323 g/mol. The van der Waals surface area contributed by atoms with Gasteiger partial charge in [0.2, 0.25) is 5.65 Å². The Morgan fingerprint density at radius 2 is 2.00 bits per heavy atom. The summed E-state index contributed by atoms with van der Waals surface area (Å²) in [6.45, 7) is 0.294. The number of aromatic amines is 1. The minimum atomic E-state index is -0.375. The number of hydrogen-bond acceptors (Lipinski definition) is 6. The van der Waals surface area contributed by atoms with Gasteiger partial charge in [-0.25, -0.2) is 9.37 Å². The molecule has 4 rings (SSSR count). The Labute approximate surface area is 141 Å². The van der Waals surface area contributed by atoms with Gasteiger partial charge in [-0.1, -0.05) is 18.2 Å². The molecule has 124 valence electrons. The molecule has 7 nitrogen and oxygen atoms in total. The molecule has 1 aromatic carbocycles. The van der Waals surface area contributed by atoms with Crippen molar-refractivity contribution in [3.63, 3.8) is 0 Å². The molecule has 0 radical (unpaired) electrons. The van der Waals surface area contributed by atoms with E-state index in [1.807, 2.05) is 24.3 Å². The molecule has 8 heteroatoms. The summed E-state index contributed by atoms with van der Waals surface area (Å²) in [7, 11) is 0. The number of nitrogens with one attached hydrogen (secondary N) is 1. The van der Waals surface area contributed by atoms with E-state index in [4.69, 9.17) is 10.5 Å². The number of hydrogen-bond donors (Lipinski definition) is 2. The fourth-order valence-corrected chi connectivity index (χ4v) is 2.51. The maximum atomic E-state index is 13.4. The van der Waals surface area contributed by atoms with Gasteiger partial charge in [0, 0.05) is 17.8 Å². The van der Waals surface area contributed by atoms with E-state index >= 15 is 0 Å². The highest BCUT2D eigenvalue weighted by Gasteiger charge is 2.10. The van der Waals surface area contributed by atoms with Crippen LogP contribution in [0.25, 0.3) is 22.3 Å². The number of H-pyrrole nitrogens is 1. The number of nitrogens with two attached hydrogens (primary N) is 1. The van der Waals surface area contributed by atoms with E-state index < -0.39 is 0 Å². The lowest BCUT2D eigenvalue weighted by Crippen LogP contribution is -1.99. The smallest absolute Gasteiger partial charge is 0.207 e. The molecule has 0 aliphatic rings. The maximum Gasteiger partial charge on any atom is 0.207 e. The number of anilines is 1. The molecule has 0 amide bonds. The number of ether oxygens (including phenoxy) is 1. The fraction of sp³-hybridized carbons (Fsp3) is 0.0588. The van der Waals surface area contributed by atoms with E-state index in [1.165, 1.54) is 12.3 Å². The van der Waals surface area contributed by atoms with Crippen LogP contribution >= 0.6 is 0 Å². The Morgan fingerprint density at radius 1 is 1.08 bits per heavy atom. The summed E-state index contributed by atoms with van der Waals surface area (Å²) in [6, 6.07) is 10.6. The zero-order valence-electron chi connectivity index (χ0n) is 13.0. The van der Waals surface area contributed by atoms with Gasteiger partial charge in [0.25, 0.3) is 0 Å². The van der Waals surface area contributed by atoms with Gasteiger partial charge in [0.15, 0.2) is 11.3 Å². The van der Waals surface area contributed by atoms with Crippen LogP contribution in [0.2, 0.25) is 0 Å². The van der Waals surface area contributed by atoms with Crippen LogP contribution in [-0.2, 0) is 6.61 Å². The summed E-state index contributed by atoms with van der Waals surface area (Å²) < 4.78 is 19.2. The lowest BCUT2D eigenvalue weighted by molar-refractivity contribution is 0.309. The topological polar surface area (TPSA) is 103 Å². The number of pyridine rings is 2. The average molecular weight is 336 g/mol. The van der Waals surface area contributed by atoms with Crippen LogP contribution < -0.4 is 10.5 Å². The molecule has 3 aromatic heterocycles. The van der Waals surface area contributed by atoms with Gasteiger partial charge in [-0.3, -0.25) is 4.98 Å². The maximum absolute atomic E-state index is 13.4. The van der Waals surface area contributed by atoms with Crippen molar-refractivity contribution in [3.05, 3.63) is 60.2 Å². The molecule has 0 unspecified atom stereocenters. The van der Waals surface area contributed by atoms with Gasteiger partial charge >= 0.3 is 0 Å². The van der Waals surface area contributed by atoms with Crippen LogP contribution in [0.15, 0.2) is 48.8 Å². The Morgan fingerprint density at radius 3 is 2.88 bits per heavy atom. The molecule has 25 heavy (non-hydrogen) atoms. The second-order valence-electron chi connectivity index (χ2n) is 5.42. The molecule has 3 heterocycles. The first-order valence-corrected chi connectivity index (χ1v) is 7.49. The molecule has 0 fully saturated rings. The van der Waals surface area contributed by atoms with E-state index in [2.05, 4.69) is 25.4 Å². The second kappa shape index (κ2) is 6.16. The largest absolute Gasteiger partial charge is 0.486 e. The Kier molecular flexibility index (Phi) is 3.70. The van der Waals surface area contributed by atoms with Crippen LogP contribution in [0, 0.1) is 5.82 Å². The molecule has 0 saturated heterocycles. The van der Waals surface area contributed by atoms with Crippen molar-refractivity contribution < 1.29 is 9.13 Å². The third-order valence-electron chi connectivity index (χ3n) is 3.64. The van der Waals surface area contributed by atoms with Crippen molar-refractivity contribution in [2.45, 2.75) is 6.61 Å². The molecular formula is C17H13FN6O. The van der Waals surface area contributed by atoms with Gasteiger partial charge in [0.1, 0.15) is 18.2 Å². The molecule has 0 atom stereocenters. The lowest BCUT2D eigenvalue weighted by atomic mass is 10.1. The third-order valence-corrected chi connectivity index (χ3v) is 3.64. The highest BCUT2D eigenvalue weighted by Crippen LogP contribution is 2.25. The van der Waals surface area contributed by atoms with Crippen molar-refractivity contribution in [1.29, 1.82) is 0 Å². The highest BCUT2D eigenvalue weighted by molar-refractivity contribution is 5.78. The molecule has 4 aromatic rings. The van der Waals surface area contributed by atoms with Crippen molar-refractivity contribution in [2.24, 2.45) is 0 Å². The monoisotopic (exact) mass is 336 g/mol. The van der Waals surface area contributed by atoms with E-state index in [9.17, 15) is 4.39 Å². The van der Waals surface area contributed by atoms with Crippen LogP contribution in [0.1, 0.15) is 5.56 Å². The number of rotatable bonds is 4. The standard InChI is InChI=1S/C17H13FN6O/c18-13-5-12(7-20-8-13)11-3-1-2-10(4-11)9-25-14-6-15(19)21-17-16(14)22-24-23-17/h1-8H,9H2,(H3,19,21,22,23,24). The molecule has 0 spiro atoms. The van der Waals surface area contributed by atoms with Gasteiger partial charge in [-0.2, -0.15) is 10.3 Å². The molecule has 0 bridgehead atoms. The summed E-state index contributed by atoms with van der Waals surface area (Å²) in [5, 5.41) is 10.4. The van der Waals surface area contributed by atoms with Crippen molar-refractivity contribution in [3.8, 4) is 16.9 Å². The predicted octanol–water partition coefficient (Wildman–Crippen LogP) is 2.72. The Hall–Kier alpha value is -3.55. The molecule has 3 N–H and O–H groups in total. The van der Waals surface area contributed by atoms with E-state index in [0.29, 0.717) is 34.9 Å². The summed E-state index contributed by atoms with van der Waals surface area (Å²) >= 11 is 0. The summed E-state index contributed by atoms with van der Waals surface area (Å²) in [4.78, 5) is 7.94. The number of nitrogens with zero attached hydrogens (tertiary/aromatic N) is 4. The number of nitrogen functional groups attached to an aromatic ring is 1. The quantitative estimate of drug-likeness (QED) is 0.594. The SMILES string of the molecule is Nc1cc(OCc2cccc(-c3cncc(F)c3)c2)c2n[nH]nc2n1. The first-order chi connectivity index (χ1) is 12.2. The van der Waals surface area contributed by atoms with Gasteiger partial charge in [-0.05, 0) is 23.3 Å². The first kappa shape index (κ1) is 15.0. The normalized spacial score (nSPS) is 10.9. The second-order valence-corrected chi connectivity index (χ2v) is 5.42. The highest BCUT2D eigenvalue weighted by atomic mass is 19.1. The molecule has 0 saturated carbocycles. The zero-order chi connectivity index (χ0) is 17.2. The predicted molar refractivity (Wildman–Crippen MR) is 90.1 cm³/mol. The lowest BCUT2D eigenvalue weighted by Gasteiger charge is -2.09. The zero-order valence-corrected chi connectivity index (χ0v) is 13.0. The Balaban J connectivity index is 1.59. The molecule has 0 aliphatic carbocycles. The number of fused-ring (bicyclic) bond motifs is 1. The number of aromatic nitrogens is 5. The first-order valence-electron chi connectivity index (χ1n) is 7.49. The number of halogens is 1. The fourth-order valence-electron chi connectivity index (χ4n) is 2.51. The summed E-state index contributed by atoms with van der Waals surface area (Å²) in [6.07, 6.45) is 2.79. The van der Waals surface area contributed by atoms with E-state index in [1.54, 1.807) is 12.3 Å². The minimum Gasteiger partial charge on any atom is -0.486 e. The summed E-state index contributed by atoms with van der Waals surface area (Å²) in [5.74, 6) is 0.421. The van der Waals surface area contributed by atoms with E-state index in [-0.39, 0.29) is 5.82 Å². The minimum absolute atomic E-state index is 0.294. The van der Waals surface area contributed by atoms with Gasteiger partial charge < -0.3 is 10.5 Å². The van der Waals surface area contributed by atoms with Gasteiger partial charge in [-0.15, -0.1) is 5.10 Å². The number of benzene rings is 1. The van der Waals surface area contributed by atoms with Crippen molar-refractivity contribution in [1.82, 2.24) is 25.4 Å². The van der Waals surface area contributed by atoms with Gasteiger partial charge in [0.05, 0.1) is 6.20 Å². The van der Waals surface area contributed by atoms with Crippen LogP contribution in [0.5, 0.6) is 5.75 Å². The van der Waals surface area contributed by atoms with Crippen molar-refractivity contribution >= 4 is 17.0 Å². The summed E-state index contributed by atoms with van der Waals surface area (Å²) in [5.41, 5.74) is 9.13. The third kappa shape index (κ3) is 3.09. The van der Waals surface area contributed by atoms with E-state index in [0.717, 1.165) is 11.1 Å². The van der Waals surface area contributed by atoms with Crippen LogP contribution in [0.3, 0.4) is 0 Å².